The Balaban J connectivity index is 1.79. The van der Waals surface area contributed by atoms with Crippen LogP contribution in [0.4, 0.5) is 0 Å². The van der Waals surface area contributed by atoms with E-state index in [0.29, 0.717) is 0 Å². The zero-order valence-corrected chi connectivity index (χ0v) is 12.5. The van der Waals surface area contributed by atoms with Crippen molar-refractivity contribution in [2.24, 2.45) is 0 Å². The Bertz CT molecular complexity index is 1030. The molecular formula is C21H15NO. The summed E-state index contributed by atoms with van der Waals surface area (Å²) in [6.07, 6.45) is 3.86. The molecule has 0 aliphatic carbocycles. The van der Waals surface area contributed by atoms with Crippen LogP contribution in [-0.4, -0.2) is 10.1 Å². The third kappa shape index (κ3) is 2.55. The van der Waals surface area contributed by atoms with Crippen LogP contribution in [0.3, 0.4) is 0 Å². The smallest absolute Gasteiger partial charge is 0.123 e. The van der Waals surface area contributed by atoms with Crippen LogP contribution >= 0.6 is 0 Å². The molecule has 0 fully saturated rings. The second kappa shape index (κ2) is 5.58. The maximum absolute atomic E-state index is 10.2. The maximum atomic E-state index is 10.2. The number of phenolic OH excluding ortho intramolecular Hbond substituents is 1. The summed E-state index contributed by atoms with van der Waals surface area (Å²) in [5.74, 6) is 0.278. The van der Waals surface area contributed by atoms with Crippen LogP contribution < -0.4 is 0 Å². The van der Waals surface area contributed by atoms with E-state index in [4.69, 9.17) is 0 Å². The van der Waals surface area contributed by atoms with E-state index in [9.17, 15) is 5.11 Å². The number of aromatic hydroxyl groups is 1. The van der Waals surface area contributed by atoms with Gasteiger partial charge in [0.2, 0.25) is 0 Å². The molecule has 0 aliphatic rings. The summed E-state index contributed by atoms with van der Waals surface area (Å²) >= 11 is 0. The molecule has 0 saturated carbocycles. The Morgan fingerprint density at radius 1 is 0.696 bits per heavy atom. The second-order valence-corrected chi connectivity index (χ2v) is 5.48. The minimum Gasteiger partial charge on any atom is -0.507 e. The predicted molar refractivity (Wildman–Crippen MR) is 96.3 cm³/mol. The Kier molecular flexibility index (Phi) is 3.28. The number of nitrogens with zero attached hydrogens (tertiary/aromatic N) is 1. The lowest BCUT2D eigenvalue weighted by atomic mass is 10.0. The lowest BCUT2D eigenvalue weighted by Gasteiger charge is -2.05. The number of hydrogen-bond donors (Lipinski definition) is 1. The van der Waals surface area contributed by atoms with Crippen molar-refractivity contribution in [3.05, 3.63) is 84.1 Å². The molecule has 0 unspecified atom stereocenters. The van der Waals surface area contributed by atoms with Crippen LogP contribution in [0.2, 0.25) is 0 Å². The van der Waals surface area contributed by atoms with Crippen LogP contribution in [0.25, 0.3) is 33.8 Å². The van der Waals surface area contributed by atoms with Gasteiger partial charge in [0.25, 0.3) is 0 Å². The van der Waals surface area contributed by atoms with Crippen molar-refractivity contribution in [2.45, 2.75) is 0 Å². The van der Waals surface area contributed by atoms with Gasteiger partial charge in [-0.3, -0.25) is 0 Å². The van der Waals surface area contributed by atoms with Gasteiger partial charge in [-0.25, -0.2) is 4.98 Å². The van der Waals surface area contributed by atoms with Gasteiger partial charge in [0, 0.05) is 10.9 Å². The van der Waals surface area contributed by atoms with E-state index in [1.807, 2.05) is 72.8 Å². The highest BCUT2D eigenvalue weighted by Crippen LogP contribution is 2.28. The van der Waals surface area contributed by atoms with E-state index < -0.39 is 0 Å². The first-order chi connectivity index (χ1) is 11.3. The van der Waals surface area contributed by atoms with Gasteiger partial charge in [0.15, 0.2) is 0 Å². The molecule has 23 heavy (non-hydrogen) atoms. The Morgan fingerprint density at radius 2 is 1.43 bits per heavy atom. The molecular weight excluding hydrogens is 282 g/mol. The van der Waals surface area contributed by atoms with Crippen LogP contribution in [-0.2, 0) is 0 Å². The van der Waals surface area contributed by atoms with Gasteiger partial charge in [-0.05, 0) is 41.1 Å². The largest absolute Gasteiger partial charge is 0.507 e. The lowest BCUT2D eigenvalue weighted by Crippen LogP contribution is -1.83. The molecule has 0 spiro atoms. The molecule has 2 heteroatoms. The standard InChI is InChI=1S/C21H15NO/c23-21-14-10-15-5-1-3-7-18(15)19(21)13-12-17-11-9-16-6-2-4-8-20(16)22-17/h1-14,23H. The molecule has 4 rings (SSSR count). The van der Waals surface area contributed by atoms with E-state index in [-0.39, 0.29) is 5.75 Å². The summed E-state index contributed by atoms with van der Waals surface area (Å²) < 4.78 is 0. The molecule has 3 aromatic carbocycles. The minimum absolute atomic E-state index is 0.278. The maximum Gasteiger partial charge on any atom is 0.123 e. The van der Waals surface area contributed by atoms with Gasteiger partial charge < -0.3 is 5.11 Å². The fraction of sp³-hybridized carbons (Fsp3) is 0. The van der Waals surface area contributed by atoms with Crippen molar-refractivity contribution < 1.29 is 5.11 Å². The van der Waals surface area contributed by atoms with Gasteiger partial charge in [0.1, 0.15) is 5.75 Å². The molecule has 1 heterocycles. The van der Waals surface area contributed by atoms with Crippen molar-refractivity contribution in [3.8, 4) is 5.75 Å². The first-order valence-corrected chi connectivity index (χ1v) is 7.56. The third-order valence-corrected chi connectivity index (χ3v) is 3.99. The van der Waals surface area contributed by atoms with Crippen LogP contribution in [0.1, 0.15) is 11.3 Å². The fourth-order valence-electron chi connectivity index (χ4n) is 2.80. The molecule has 0 radical (unpaired) electrons. The fourth-order valence-corrected chi connectivity index (χ4v) is 2.80. The number of hydrogen-bond acceptors (Lipinski definition) is 2. The molecule has 0 saturated heterocycles. The Morgan fingerprint density at radius 3 is 2.35 bits per heavy atom. The summed E-state index contributed by atoms with van der Waals surface area (Å²) in [6.45, 7) is 0. The quantitative estimate of drug-likeness (QED) is 0.547. The SMILES string of the molecule is Oc1ccc2ccccc2c1C=Cc1ccc2ccccc2n1. The molecule has 2 nitrogen and oxygen atoms in total. The van der Waals surface area contributed by atoms with E-state index >= 15 is 0 Å². The third-order valence-electron chi connectivity index (χ3n) is 3.99. The minimum atomic E-state index is 0.278. The number of pyridine rings is 1. The normalized spacial score (nSPS) is 11.5. The van der Waals surface area contributed by atoms with Crippen molar-refractivity contribution in [3.63, 3.8) is 0 Å². The Hall–Kier alpha value is -3.13. The van der Waals surface area contributed by atoms with Crippen molar-refractivity contribution in [1.29, 1.82) is 0 Å². The van der Waals surface area contributed by atoms with Crippen LogP contribution in [0.15, 0.2) is 72.8 Å². The highest BCUT2D eigenvalue weighted by atomic mass is 16.3. The highest BCUT2D eigenvalue weighted by Gasteiger charge is 2.03. The molecule has 0 bridgehead atoms. The van der Waals surface area contributed by atoms with E-state index in [2.05, 4.69) is 11.1 Å². The lowest BCUT2D eigenvalue weighted by molar-refractivity contribution is 0.475. The second-order valence-electron chi connectivity index (χ2n) is 5.48. The number of benzene rings is 3. The number of aromatic nitrogens is 1. The number of rotatable bonds is 2. The average molecular weight is 297 g/mol. The van der Waals surface area contributed by atoms with Gasteiger partial charge >= 0.3 is 0 Å². The summed E-state index contributed by atoms with van der Waals surface area (Å²) in [5, 5.41) is 13.4. The highest BCUT2D eigenvalue weighted by molar-refractivity contribution is 5.95. The molecule has 4 aromatic rings. The molecule has 1 aromatic heterocycles. The first kappa shape index (κ1) is 13.5. The monoisotopic (exact) mass is 297 g/mol. The van der Waals surface area contributed by atoms with Crippen molar-refractivity contribution >= 4 is 33.8 Å². The van der Waals surface area contributed by atoms with Gasteiger partial charge in [-0.2, -0.15) is 0 Å². The molecule has 0 aliphatic heterocycles. The molecule has 1 N–H and O–H groups in total. The zero-order valence-electron chi connectivity index (χ0n) is 12.5. The topological polar surface area (TPSA) is 33.1 Å². The predicted octanol–water partition coefficient (Wildman–Crippen LogP) is 5.26. The summed E-state index contributed by atoms with van der Waals surface area (Å²) in [4.78, 5) is 4.63. The van der Waals surface area contributed by atoms with E-state index in [0.717, 1.165) is 32.9 Å². The summed E-state index contributed by atoms with van der Waals surface area (Å²) in [6, 6.07) is 23.8. The van der Waals surface area contributed by atoms with Gasteiger partial charge in [0.05, 0.1) is 11.2 Å². The van der Waals surface area contributed by atoms with Gasteiger partial charge in [-0.15, -0.1) is 0 Å². The molecule has 0 atom stereocenters. The molecule has 0 amide bonds. The zero-order chi connectivity index (χ0) is 15.6. The summed E-state index contributed by atoms with van der Waals surface area (Å²) in [7, 11) is 0. The average Bonchev–Trinajstić information content (AvgIpc) is 2.61. The van der Waals surface area contributed by atoms with E-state index in [1.165, 1.54) is 0 Å². The number of fused-ring (bicyclic) bond motifs is 2. The molecule has 110 valence electrons. The number of para-hydroxylation sites is 1. The first-order valence-electron chi connectivity index (χ1n) is 7.56. The van der Waals surface area contributed by atoms with E-state index in [1.54, 1.807) is 6.07 Å². The van der Waals surface area contributed by atoms with Crippen LogP contribution in [0.5, 0.6) is 5.75 Å². The Labute approximate surface area is 134 Å². The number of phenols is 1. The van der Waals surface area contributed by atoms with Crippen molar-refractivity contribution in [1.82, 2.24) is 4.98 Å². The van der Waals surface area contributed by atoms with Crippen LogP contribution in [0, 0.1) is 0 Å². The van der Waals surface area contributed by atoms with Crippen molar-refractivity contribution in [2.75, 3.05) is 0 Å². The van der Waals surface area contributed by atoms with Gasteiger partial charge in [-0.1, -0.05) is 54.6 Å². The summed E-state index contributed by atoms with van der Waals surface area (Å²) in [5.41, 5.74) is 2.66.